The van der Waals surface area contributed by atoms with E-state index in [-0.39, 0.29) is 5.97 Å². The Balaban J connectivity index is 1.57. The van der Waals surface area contributed by atoms with Gasteiger partial charge in [-0.15, -0.1) is 0 Å². The second kappa shape index (κ2) is 7.29. The summed E-state index contributed by atoms with van der Waals surface area (Å²) in [5.74, 6) is 0.677. The maximum atomic E-state index is 11.8. The van der Waals surface area contributed by atoms with Crippen molar-refractivity contribution in [2.45, 2.75) is 19.4 Å². The highest BCUT2D eigenvalue weighted by atomic mass is 32.1. The molecule has 0 radical (unpaired) electrons. The lowest BCUT2D eigenvalue weighted by Gasteiger charge is -2.07. The van der Waals surface area contributed by atoms with Gasteiger partial charge in [-0.3, -0.25) is 4.79 Å². The van der Waals surface area contributed by atoms with Gasteiger partial charge in [-0.05, 0) is 63.3 Å². The molecular weight excluding hydrogens is 308 g/mol. The number of thiophene rings is 1. The summed E-state index contributed by atoms with van der Waals surface area (Å²) < 4.78 is 10.6. The molecule has 3 aromatic rings. The summed E-state index contributed by atoms with van der Waals surface area (Å²) in [4.78, 5) is 11.8. The molecule has 0 aliphatic rings. The van der Waals surface area contributed by atoms with Gasteiger partial charge in [0.15, 0.2) is 0 Å². The highest BCUT2D eigenvalue weighted by molar-refractivity contribution is 7.07. The second-order valence-corrected chi connectivity index (χ2v) is 6.12. The van der Waals surface area contributed by atoms with Gasteiger partial charge < -0.3 is 9.47 Å². The molecule has 3 nitrogen and oxygen atoms in total. The Morgan fingerprint density at radius 2 is 1.87 bits per heavy atom. The smallest absolute Gasteiger partial charge is 0.306 e. The van der Waals surface area contributed by atoms with Crippen LogP contribution in [0, 0.1) is 0 Å². The van der Waals surface area contributed by atoms with Crippen molar-refractivity contribution in [1.82, 2.24) is 0 Å². The molecule has 0 aliphatic heterocycles. The lowest BCUT2D eigenvalue weighted by atomic mass is 10.1. The maximum Gasteiger partial charge on any atom is 0.306 e. The first-order chi connectivity index (χ1) is 11.2. The van der Waals surface area contributed by atoms with E-state index in [9.17, 15) is 4.79 Å². The van der Waals surface area contributed by atoms with E-state index in [0.717, 1.165) is 28.5 Å². The van der Waals surface area contributed by atoms with Gasteiger partial charge in [0.1, 0.15) is 12.4 Å². The van der Waals surface area contributed by atoms with E-state index >= 15 is 0 Å². The van der Waals surface area contributed by atoms with Crippen LogP contribution < -0.4 is 4.74 Å². The molecule has 3 rings (SSSR count). The molecule has 0 aliphatic carbocycles. The Kier molecular flexibility index (Phi) is 4.93. The Bertz CT molecular complexity index is 793. The summed E-state index contributed by atoms with van der Waals surface area (Å²) in [6.07, 6.45) is 1.15. The molecule has 0 amide bonds. The fourth-order valence-corrected chi connectivity index (χ4v) is 3.11. The average Bonchev–Trinajstić information content (AvgIpc) is 3.11. The zero-order chi connectivity index (χ0) is 16.1. The van der Waals surface area contributed by atoms with Crippen molar-refractivity contribution in [3.63, 3.8) is 0 Å². The number of carbonyl (C=O) groups is 1. The number of benzene rings is 2. The number of aryl methyl sites for hydroxylation is 1. The number of esters is 1. The number of hydrogen-bond acceptors (Lipinski definition) is 4. The summed E-state index contributed by atoms with van der Waals surface area (Å²) in [6.45, 7) is 0.310. The van der Waals surface area contributed by atoms with Crippen LogP contribution >= 0.6 is 11.3 Å². The molecular formula is C19H18O3S. The monoisotopic (exact) mass is 326 g/mol. The van der Waals surface area contributed by atoms with Crippen molar-refractivity contribution in [1.29, 1.82) is 0 Å². The molecule has 0 saturated heterocycles. The van der Waals surface area contributed by atoms with E-state index in [1.807, 2.05) is 47.8 Å². The third-order valence-corrected chi connectivity index (χ3v) is 4.44. The van der Waals surface area contributed by atoms with Gasteiger partial charge in [-0.2, -0.15) is 11.3 Å². The van der Waals surface area contributed by atoms with E-state index in [4.69, 9.17) is 9.47 Å². The van der Waals surface area contributed by atoms with Gasteiger partial charge in [0.2, 0.25) is 0 Å². The molecule has 2 aromatic carbocycles. The van der Waals surface area contributed by atoms with Crippen LogP contribution in [-0.4, -0.2) is 13.1 Å². The molecule has 4 heteroatoms. The number of carbonyl (C=O) groups excluding carboxylic acids is 1. The minimum Gasteiger partial charge on any atom is -0.497 e. The van der Waals surface area contributed by atoms with E-state index in [0.29, 0.717) is 13.0 Å². The summed E-state index contributed by atoms with van der Waals surface area (Å²) in [5, 5.41) is 6.30. The molecule has 0 N–H and O–H groups in total. The Hall–Kier alpha value is -2.33. The number of hydrogen-bond donors (Lipinski definition) is 0. The molecule has 23 heavy (non-hydrogen) atoms. The van der Waals surface area contributed by atoms with Gasteiger partial charge in [-0.1, -0.05) is 18.2 Å². The van der Waals surface area contributed by atoms with Crippen LogP contribution in [0.15, 0.2) is 53.2 Å². The second-order valence-electron chi connectivity index (χ2n) is 5.34. The van der Waals surface area contributed by atoms with Crippen LogP contribution in [0.1, 0.15) is 17.5 Å². The zero-order valence-electron chi connectivity index (χ0n) is 13.0. The third-order valence-electron chi connectivity index (χ3n) is 3.71. The SMILES string of the molecule is COc1ccc2cc(COC(=O)CCc3ccsc3)ccc2c1. The molecule has 1 aromatic heterocycles. The largest absolute Gasteiger partial charge is 0.497 e. The molecule has 1 heterocycles. The minimum absolute atomic E-state index is 0.161. The minimum atomic E-state index is -0.161. The van der Waals surface area contributed by atoms with Crippen LogP contribution in [-0.2, 0) is 22.6 Å². The van der Waals surface area contributed by atoms with Crippen molar-refractivity contribution in [2.24, 2.45) is 0 Å². The average molecular weight is 326 g/mol. The van der Waals surface area contributed by atoms with Crippen molar-refractivity contribution < 1.29 is 14.3 Å². The number of fused-ring (bicyclic) bond motifs is 1. The van der Waals surface area contributed by atoms with Crippen LogP contribution in [0.25, 0.3) is 10.8 Å². The Morgan fingerprint density at radius 1 is 1.04 bits per heavy atom. The van der Waals surface area contributed by atoms with Gasteiger partial charge in [0.25, 0.3) is 0 Å². The maximum absolute atomic E-state index is 11.8. The lowest BCUT2D eigenvalue weighted by molar-refractivity contribution is -0.144. The quantitative estimate of drug-likeness (QED) is 0.622. The fraction of sp³-hybridized carbons (Fsp3) is 0.211. The summed E-state index contributed by atoms with van der Waals surface area (Å²) in [6, 6.07) is 14.0. The predicted molar refractivity (Wildman–Crippen MR) is 92.9 cm³/mol. The predicted octanol–water partition coefficient (Wildman–Crippen LogP) is 4.59. The van der Waals surface area contributed by atoms with Crippen molar-refractivity contribution in [3.05, 3.63) is 64.4 Å². The summed E-state index contributed by atoms with van der Waals surface area (Å²) in [5.41, 5.74) is 2.18. The fourth-order valence-electron chi connectivity index (χ4n) is 2.41. The standard InChI is InChI=1S/C19H18O3S/c1-21-18-6-5-16-10-15(2-4-17(16)11-18)12-22-19(20)7-3-14-8-9-23-13-14/h2,4-6,8-11,13H,3,7,12H2,1H3. The zero-order valence-corrected chi connectivity index (χ0v) is 13.8. The van der Waals surface area contributed by atoms with Gasteiger partial charge in [-0.25, -0.2) is 0 Å². The van der Waals surface area contributed by atoms with E-state index in [2.05, 4.69) is 5.38 Å². The van der Waals surface area contributed by atoms with E-state index < -0.39 is 0 Å². The highest BCUT2D eigenvalue weighted by Gasteiger charge is 2.05. The molecule has 0 atom stereocenters. The molecule has 0 fully saturated rings. The van der Waals surface area contributed by atoms with Gasteiger partial charge in [0, 0.05) is 6.42 Å². The summed E-state index contributed by atoms with van der Waals surface area (Å²) >= 11 is 1.64. The molecule has 118 valence electrons. The molecule has 0 unspecified atom stereocenters. The van der Waals surface area contributed by atoms with Crippen molar-refractivity contribution in [2.75, 3.05) is 7.11 Å². The van der Waals surface area contributed by atoms with E-state index in [1.165, 1.54) is 5.56 Å². The van der Waals surface area contributed by atoms with Gasteiger partial charge >= 0.3 is 5.97 Å². The van der Waals surface area contributed by atoms with Crippen LogP contribution in [0.4, 0.5) is 0 Å². The van der Waals surface area contributed by atoms with Crippen LogP contribution in [0.2, 0.25) is 0 Å². The first kappa shape index (κ1) is 15.6. The van der Waals surface area contributed by atoms with E-state index in [1.54, 1.807) is 18.4 Å². The normalized spacial score (nSPS) is 10.7. The molecule has 0 saturated carbocycles. The molecule has 0 bridgehead atoms. The summed E-state index contributed by atoms with van der Waals surface area (Å²) in [7, 11) is 1.66. The molecule has 0 spiro atoms. The lowest BCUT2D eigenvalue weighted by Crippen LogP contribution is -2.05. The van der Waals surface area contributed by atoms with Crippen molar-refractivity contribution >= 4 is 28.1 Å². The van der Waals surface area contributed by atoms with Gasteiger partial charge in [0.05, 0.1) is 7.11 Å². The van der Waals surface area contributed by atoms with Crippen LogP contribution in [0.5, 0.6) is 5.75 Å². The highest BCUT2D eigenvalue weighted by Crippen LogP contribution is 2.22. The topological polar surface area (TPSA) is 35.5 Å². The first-order valence-corrected chi connectivity index (χ1v) is 8.42. The number of rotatable bonds is 6. The Labute approximate surface area is 139 Å². The third kappa shape index (κ3) is 4.11. The Morgan fingerprint density at radius 3 is 2.65 bits per heavy atom. The first-order valence-electron chi connectivity index (χ1n) is 7.48. The number of ether oxygens (including phenoxy) is 2. The van der Waals surface area contributed by atoms with Crippen molar-refractivity contribution in [3.8, 4) is 5.75 Å². The number of methoxy groups -OCH3 is 1. The van der Waals surface area contributed by atoms with Crippen LogP contribution in [0.3, 0.4) is 0 Å².